The van der Waals surface area contributed by atoms with Gasteiger partial charge in [-0.3, -0.25) is 19.3 Å². The highest BCUT2D eigenvalue weighted by Crippen LogP contribution is 2.21. The Hall–Kier alpha value is -1.68. The zero-order valence-electron chi connectivity index (χ0n) is 12.0. The first-order chi connectivity index (χ1) is 10.0. The van der Waals surface area contributed by atoms with Crippen molar-refractivity contribution in [2.75, 3.05) is 6.54 Å². The molecule has 0 saturated carbocycles. The normalized spacial score (nSPS) is 16.6. The lowest BCUT2D eigenvalue weighted by Crippen LogP contribution is -2.38. The van der Waals surface area contributed by atoms with Crippen molar-refractivity contribution in [3.05, 3.63) is 34.3 Å². The minimum absolute atomic E-state index is 0.0416. The molecule has 0 spiro atoms. The van der Waals surface area contributed by atoms with Crippen LogP contribution in [0.1, 0.15) is 48.5 Å². The number of rotatable bonds is 1. The number of amides is 2. The van der Waals surface area contributed by atoms with E-state index in [9.17, 15) is 14.4 Å². The van der Waals surface area contributed by atoms with Crippen LogP contribution in [-0.4, -0.2) is 29.0 Å². The molecule has 0 fully saturated rings. The summed E-state index contributed by atoms with van der Waals surface area (Å²) in [6.07, 6.45) is 1.76. The number of fused-ring (bicyclic) bond motifs is 1. The number of carbonyl (C=O) groups excluding carboxylic acids is 3. The van der Waals surface area contributed by atoms with E-state index in [1.165, 1.54) is 4.90 Å². The molecular weight excluding hydrogens is 290 g/mol. The molecule has 1 aliphatic rings. The fourth-order valence-electron chi connectivity index (χ4n) is 2.53. The minimum Gasteiger partial charge on any atom is -0.294 e. The molecule has 2 rings (SSSR count). The summed E-state index contributed by atoms with van der Waals surface area (Å²) < 4.78 is 0. The molecule has 0 saturated heterocycles. The quantitative estimate of drug-likeness (QED) is 0.801. The van der Waals surface area contributed by atoms with Crippen molar-refractivity contribution in [3.63, 3.8) is 0 Å². The number of Topliss-reactive ketones (excluding diaryl/α,β-unsaturated/α-hetero) is 1. The van der Waals surface area contributed by atoms with Gasteiger partial charge in [-0.25, -0.2) is 0 Å². The van der Waals surface area contributed by atoms with Crippen LogP contribution in [0.3, 0.4) is 0 Å². The fourth-order valence-corrected chi connectivity index (χ4v) is 2.72. The molecule has 0 N–H and O–H groups in total. The van der Waals surface area contributed by atoms with E-state index in [4.69, 9.17) is 11.6 Å². The van der Waals surface area contributed by atoms with Crippen molar-refractivity contribution in [2.45, 2.75) is 39.0 Å². The second kappa shape index (κ2) is 6.85. The van der Waals surface area contributed by atoms with Gasteiger partial charge in [0.2, 0.25) is 11.8 Å². The van der Waals surface area contributed by atoms with Gasteiger partial charge in [0.15, 0.2) is 5.78 Å². The van der Waals surface area contributed by atoms with Crippen molar-refractivity contribution >= 4 is 29.2 Å². The van der Waals surface area contributed by atoms with E-state index in [-0.39, 0.29) is 24.0 Å². The lowest BCUT2D eigenvalue weighted by molar-refractivity contribution is -0.144. The first kappa shape index (κ1) is 15.7. The van der Waals surface area contributed by atoms with Crippen LogP contribution in [0.2, 0.25) is 5.02 Å². The van der Waals surface area contributed by atoms with Crippen LogP contribution in [0.15, 0.2) is 18.2 Å². The van der Waals surface area contributed by atoms with E-state index in [1.54, 1.807) is 25.1 Å². The maximum Gasteiger partial charge on any atom is 0.229 e. The van der Waals surface area contributed by atoms with E-state index < -0.39 is 0 Å². The number of imide groups is 1. The van der Waals surface area contributed by atoms with Gasteiger partial charge in [0.25, 0.3) is 0 Å². The van der Waals surface area contributed by atoms with E-state index >= 15 is 0 Å². The van der Waals surface area contributed by atoms with Crippen molar-refractivity contribution in [3.8, 4) is 0 Å². The van der Waals surface area contributed by atoms with E-state index in [2.05, 4.69) is 0 Å². The van der Waals surface area contributed by atoms with Gasteiger partial charge in [-0.1, -0.05) is 18.5 Å². The van der Waals surface area contributed by atoms with Crippen LogP contribution in [0, 0.1) is 0 Å². The standard InChI is InChI=1S/C16H18ClNO3/c1-2-15(20)18-9-3-4-14(19)13-7-6-12(17)10-11(13)5-8-16(18)21/h6-7,10H,2-5,8-9H2,1H3. The zero-order chi connectivity index (χ0) is 15.4. The Labute approximate surface area is 129 Å². The molecule has 0 atom stereocenters. The summed E-state index contributed by atoms with van der Waals surface area (Å²) >= 11 is 5.97. The number of benzene rings is 1. The van der Waals surface area contributed by atoms with E-state index in [1.807, 2.05) is 0 Å². The summed E-state index contributed by atoms with van der Waals surface area (Å²) in [5, 5.41) is 0.549. The second-order valence-corrected chi connectivity index (χ2v) is 5.56. The maximum absolute atomic E-state index is 12.2. The number of aryl methyl sites for hydroxylation is 1. The average molecular weight is 308 g/mol. The summed E-state index contributed by atoms with van der Waals surface area (Å²) in [5.41, 5.74) is 1.43. The molecule has 0 aromatic heterocycles. The summed E-state index contributed by atoms with van der Waals surface area (Å²) in [6, 6.07) is 5.15. The molecular formula is C16H18ClNO3. The number of carbonyl (C=O) groups is 3. The van der Waals surface area contributed by atoms with Crippen molar-refractivity contribution in [2.24, 2.45) is 0 Å². The molecule has 1 aromatic rings. The Bertz CT molecular complexity index is 583. The molecule has 1 aliphatic heterocycles. The Kier molecular flexibility index (Phi) is 5.12. The minimum atomic E-state index is -0.181. The van der Waals surface area contributed by atoms with Gasteiger partial charge in [0.05, 0.1) is 0 Å². The highest BCUT2D eigenvalue weighted by atomic mass is 35.5. The number of halogens is 1. The largest absolute Gasteiger partial charge is 0.294 e. The molecule has 0 unspecified atom stereocenters. The van der Waals surface area contributed by atoms with Crippen molar-refractivity contribution < 1.29 is 14.4 Å². The Morgan fingerprint density at radius 1 is 1.24 bits per heavy atom. The molecule has 5 heteroatoms. The molecule has 2 amide bonds. The first-order valence-electron chi connectivity index (χ1n) is 7.17. The number of hydrogen-bond donors (Lipinski definition) is 0. The van der Waals surface area contributed by atoms with Gasteiger partial charge in [0.1, 0.15) is 0 Å². The van der Waals surface area contributed by atoms with Crippen molar-refractivity contribution in [1.82, 2.24) is 4.90 Å². The Morgan fingerprint density at radius 2 is 2.00 bits per heavy atom. The van der Waals surface area contributed by atoms with Crippen LogP contribution in [-0.2, 0) is 16.0 Å². The zero-order valence-corrected chi connectivity index (χ0v) is 12.8. The first-order valence-corrected chi connectivity index (χ1v) is 7.55. The monoisotopic (exact) mass is 307 g/mol. The molecule has 1 heterocycles. The number of nitrogens with zero attached hydrogens (tertiary/aromatic N) is 1. The average Bonchev–Trinajstić information content (AvgIpc) is 2.47. The van der Waals surface area contributed by atoms with Gasteiger partial charge in [-0.05, 0) is 36.6 Å². The Balaban J connectivity index is 2.28. The molecule has 112 valence electrons. The van der Waals surface area contributed by atoms with Gasteiger partial charge < -0.3 is 0 Å². The molecule has 0 aliphatic carbocycles. The molecule has 21 heavy (non-hydrogen) atoms. The fraction of sp³-hybridized carbons (Fsp3) is 0.438. The predicted molar refractivity (Wildman–Crippen MR) is 80.3 cm³/mol. The van der Waals surface area contributed by atoms with Gasteiger partial charge in [-0.2, -0.15) is 0 Å². The molecule has 4 nitrogen and oxygen atoms in total. The smallest absolute Gasteiger partial charge is 0.229 e. The van der Waals surface area contributed by atoms with Crippen molar-refractivity contribution in [1.29, 1.82) is 0 Å². The van der Waals surface area contributed by atoms with Gasteiger partial charge >= 0.3 is 0 Å². The number of ketones is 1. The maximum atomic E-state index is 12.2. The van der Waals surface area contributed by atoms with Crippen LogP contribution in [0.25, 0.3) is 0 Å². The third-order valence-corrected chi connectivity index (χ3v) is 3.90. The Morgan fingerprint density at radius 3 is 2.71 bits per heavy atom. The summed E-state index contributed by atoms with van der Waals surface area (Å²) in [7, 11) is 0. The third-order valence-electron chi connectivity index (χ3n) is 3.67. The van der Waals surface area contributed by atoms with E-state index in [0.717, 1.165) is 5.56 Å². The van der Waals surface area contributed by atoms with Crippen LogP contribution in [0.4, 0.5) is 0 Å². The summed E-state index contributed by atoms with van der Waals surface area (Å²) in [4.78, 5) is 37.5. The summed E-state index contributed by atoms with van der Waals surface area (Å²) in [6.45, 7) is 2.05. The number of hydrogen-bond acceptors (Lipinski definition) is 3. The van der Waals surface area contributed by atoms with Crippen LogP contribution < -0.4 is 0 Å². The lowest BCUT2D eigenvalue weighted by Gasteiger charge is -2.22. The highest BCUT2D eigenvalue weighted by Gasteiger charge is 2.22. The molecule has 1 aromatic carbocycles. The topological polar surface area (TPSA) is 54.5 Å². The second-order valence-electron chi connectivity index (χ2n) is 5.12. The summed E-state index contributed by atoms with van der Waals surface area (Å²) in [5.74, 6) is -0.318. The lowest BCUT2D eigenvalue weighted by atomic mass is 9.96. The predicted octanol–water partition coefficient (Wildman–Crippen LogP) is 3.01. The third kappa shape index (κ3) is 3.70. The molecule has 0 bridgehead atoms. The van der Waals surface area contributed by atoms with E-state index in [0.29, 0.717) is 42.8 Å². The van der Waals surface area contributed by atoms with Crippen LogP contribution in [0.5, 0.6) is 0 Å². The highest BCUT2D eigenvalue weighted by molar-refractivity contribution is 6.30. The molecule has 0 radical (unpaired) electrons. The SMILES string of the molecule is CCC(=O)N1CCCC(=O)c2ccc(Cl)cc2CCC1=O. The van der Waals surface area contributed by atoms with Crippen LogP contribution >= 0.6 is 11.6 Å². The van der Waals surface area contributed by atoms with Gasteiger partial charge in [-0.15, -0.1) is 0 Å². The van der Waals surface area contributed by atoms with Gasteiger partial charge in [0, 0.05) is 36.4 Å².